The number of carbonyl (C=O) groups excluding carboxylic acids is 2. The number of amides is 1. The van der Waals surface area contributed by atoms with Gasteiger partial charge >= 0.3 is 5.97 Å². The van der Waals surface area contributed by atoms with Crippen molar-refractivity contribution in [1.29, 1.82) is 0 Å². The summed E-state index contributed by atoms with van der Waals surface area (Å²) in [5.41, 5.74) is 3.69. The second-order valence-electron chi connectivity index (χ2n) is 9.97. The number of methoxy groups -OCH3 is 3. The van der Waals surface area contributed by atoms with Crippen LogP contribution in [0.4, 0.5) is 0 Å². The van der Waals surface area contributed by atoms with Crippen LogP contribution in [0, 0.1) is 5.92 Å². The number of benzene rings is 3. The molecule has 2 atom stereocenters. The third-order valence-corrected chi connectivity index (χ3v) is 7.31. The van der Waals surface area contributed by atoms with Crippen molar-refractivity contribution in [3.05, 3.63) is 77.9 Å². The number of esters is 1. The predicted molar refractivity (Wildman–Crippen MR) is 156 cm³/mol. The lowest BCUT2D eigenvalue weighted by atomic mass is 9.86. The number of nitrogens with one attached hydrogen (secondary N) is 1. The van der Waals surface area contributed by atoms with Crippen LogP contribution < -0.4 is 19.5 Å². The molecular formula is C33H37NO6. The summed E-state index contributed by atoms with van der Waals surface area (Å²) in [4.78, 5) is 26.1. The molecule has 3 aromatic carbocycles. The van der Waals surface area contributed by atoms with Crippen molar-refractivity contribution in [1.82, 2.24) is 5.32 Å². The van der Waals surface area contributed by atoms with E-state index >= 15 is 0 Å². The molecule has 3 aromatic rings. The highest BCUT2D eigenvalue weighted by atomic mass is 16.5. The average Bonchev–Trinajstić information content (AvgIpc) is 2.99. The molecule has 0 radical (unpaired) electrons. The molecule has 1 amide bonds. The van der Waals surface area contributed by atoms with Crippen molar-refractivity contribution in [2.75, 3.05) is 27.9 Å². The summed E-state index contributed by atoms with van der Waals surface area (Å²) in [6.07, 6.45) is 6.01. The van der Waals surface area contributed by atoms with Crippen LogP contribution in [0.5, 0.6) is 17.2 Å². The maximum Gasteiger partial charge on any atom is 0.339 e. The van der Waals surface area contributed by atoms with Crippen LogP contribution in [0.15, 0.2) is 66.7 Å². The second kappa shape index (κ2) is 13.7. The Bertz CT molecular complexity index is 1310. The van der Waals surface area contributed by atoms with Gasteiger partial charge in [0, 0.05) is 6.04 Å². The van der Waals surface area contributed by atoms with Gasteiger partial charge in [0.1, 0.15) is 0 Å². The highest BCUT2D eigenvalue weighted by molar-refractivity contribution is 6.22. The van der Waals surface area contributed by atoms with Gasteiger partial charge in [-0.2, -0.15) is 0 Å². The second-order valence-corrected chi connectivity index (χ2v) is 9.97. The molecule has 1 N–H and O–H groups in total. The molecule has 7 nitrogen and oxygen atoms in total. The van der Waals surface area contributed by atoms with E-state index in [1.54, 1.807) is 18.2 Å². The smallest absolute Gasteiger partial charge is 0.339 e. The number of rotatable bonds is 10. The normalized spacial score (nSPS) is 17.1. The topological polar surface area (TPSA) is 83.1 Å². The van der Waals surface area contributed by atoms with Crippen LogP contribution in [0.2, 0.25) is 0 Å². The van der Waals surface area contributed by atoms with Crippen molar-refractivity contribution in [2.24, 2.45) is 5.92 Å². The average molecular weight is 544 g/mol. The van der Waals surface area contributed by atoms with Gasteiger partial charge in [-0.05, 0) is 59.2 Å². The maximum absolute atomic E-state index is 13.4. The molecule has 7 heteroatoms. The fraction of sp³-hybridized carbons (Fsp3) is 0.333. The first-order chi connectivity index (χ1) is 19.4. The first-order valence-electron chi connectivity index (χ1n) is 13.6. The molecule has 1 fully saturated rings. The number of ether oxygens (including phenoxy) is 4. The lowest BCUT2D eigenvalue weighted by molar-refractivity contribution is -0.143. The third kappa shape index (κ3) is 7.03. The van der Waals surface area contributed by atoms with Crippen LogP contribution >= 0.6 is 0 Å². The van der Waals surface area contributed by atoms with Crippen molar-refractivity contribution in [2.45, 2.75) is 38.6 Å². The molecule has 0 aliphatic heterocycles. The van der Waals surface area contributed by atoms with Gasteiger partial charge in [0.25, 0.3) is 5.91 Å². The van der Waals surface area contributed by atoms with Crippen LogP contribution in [0.3, 0.4) is 0 Å². The summed E-state index contributed by atoms with van der Waals surface area (Å²) in [5.74, 6) is 0.883. The number of hydrogen-bond acceptors (Lipinski definition) is 6. The van der Waals surface area contributed by atoms with E-state index in [2.05, 4.69) is 12.2 Å². The van der Waals surface area contributed by atoms with Crippen molar-refractivity contribution in [3.63, 3.8) is 0 Å². The van der Waals surface area contributed by atoms with E-state index in [-0.39, 0.29) is 18.6 Å². The van der Waals surface area contributed by atoms with E-state index < -0.39 is 5.97 Å². The van der Waals surface area contributed by atoms with Crippen molar-refractivity contribution >= 4 is 23.5 Å². The van der Waals surface area contributed by atoms with Gasteiger partial charge in [-0.3, -0.25) is 4.79 Å². The van der Waals surface area contributed by atoms with Crippen molar-refractivity contribution in [3.8, 4) is 28.4 Å². The van der Waals surface area contributed by atoms with Crippen LogP contribution in [-0.4, -0.2) is 45.9 Å². The summed E-state index contributed by atoms with van der Waals surface area (Å²) in [5, 5.41) is 3.04. The third-order valence-electron chi connectivity index (χ3n) is 7.31. The van der Waals surface area contributed by atoms with Gasteiger partial charge in [0.2, 0.25) is 5.75 Å². The summed E-state index contributed by atoms with van der Waals surface area (Å²) in [7, 11) is 4.61. The zero-order valence-electron chi connectivity index (χ0n) is 23.6. The van der Waals surface area contributed by atoms with Gasteiger partial charge in [0.05, 0.1) is 26.9 Å². The molecule has 4 rings (SSSR count). The summed E-state index contributed by atoms with van der Waals surface area (Å²) >= 11 is 0. The molecular weight excluding hydrogens is 506 g/mol. The minimum Gasteiger partial charge on any atom is -0.493 e. The Labute approximate surface area is 236 Å². The summed E-state index contributed by atoms with van der Waals surface area (Å²) < 4.78 is 21.9. The highest BCUT2D eigenvalue weighted by Gasteiger charge is 2.24. The molecule has 0 heterocycles. The van der Waals surface area contributed by atoms with Gasteiger partial charge in [0.15, 0.2) is 18.1 Å². The van der Waals surface area contributed by atoms with Gasteiger partial charge in [-0.1, -0.05) is 74.4 Å². The largest absolute Gasteiger partial charge is 0.493 e. The van der Waals surface area contributed by atoms with E-state index in [1.807, 2.05) is 54.6 Å². The lowest BCUT2D eigenvalue weighted by Gasteiger charge is -2.29. The standard InChI is InChI=1S/C33H37NO6/c1-22-10-8-9-13-28(22)34-31(35)21-40-33(36)27(18-23-19-29(37-2)32(39-4)30(20-23)38-3)26-16-14-25(15-17-26)24-11-6-5-7-12-24/h5-7,11-12,14-20,22,28H,8-10,13,21H2,1-4H3,(H,34,35)/b27-18+/t22-,28+/m1/s1. The molecule has 0 bridgehead atoms. The molecule has 0 aromatic heterocycles. The van der Waals surface area contributed by atoms with Crippen LogP contribution in [0.1, 0.15) is 43.7 Å². The maximum atomic E-state index is 13.4. The van der Waals surface area contributed by atoms with E-state index in [4.69, 9.17) is 18.9 Å². The SMILES string of the molecule is COc1cc(/C=C(/C(=O)OCC(=O)N[C@H]2CCCC[C@H]2C)c2ccc(-c3ccccc3)cc2)cc(OC)c1OC. The molecule has 0 spiro atoms. The monoisotopic (exact) mass is 543 g/mol. The highest BCUT2D eigenvalue weighted by Crippen LogP contribution is 2.39. The Morgan fingerprint density at radius 2 is 1.48 bits per heavy atom. The fourth-order valence-corrected chi connectivity index (χ4v) is 5.07. The predicted octanol–water partition coefficient (Wildman–Crippen LogP) is 6.16. The summed E-state index contributed by atoms with van der Waals surface area (Å²) in [6.45, 7) is 1.80. The number of hydrogen-bond donors (Lipinski definition) is 1. The quantitative estimate of drug-likeness (QED) is 0.187. The molecule has 1 aliphatic carbocycles. The van der Waals surface area contributed by atoms with Gasteiger partial charge < -0.3 is 24.3 Å². The summed E-state index contributed by atoms with van der Waals surface area (Å²) in [6, 6.07) is 21.3. The minimum absolute atomic E-state index is 0.111. The van der Waals surface area contributed by atoms with Crippen LogP contribution in [0.25, 0.3) is 22.8 Å². The Hall–Kier alpha value is -4.26. The Morgan fingerprint density at radius 3 is 2.08 bits per heavy atom. The molecule has 1 saturated carbocycles. The first-order valence-corrected chi connectivity index (χ1v) is 13.6. The van der Waals surface area contributed by atoms with E-state index in [9.17, 15) is 9.59 Å². The Morgan fingerprint density at radius 1 is 0.850 bits per heavy atom. The van der Waals surface area contributed by atoms with E-state index in [1.165, 1.54) is 27.8 Å². The lowest BCUT2D eigenvalue weighted by Crippen LogP contribution is -2.42. The van der Waals surface area contributed by atoms with E-state index in [0.717, 1.165) is 30.4 Å². The van der Waals surface area contributed by atoms with Crippen molar-refractivity contribution < 1.29 is 28.5 Å². The zero-order valence-corrected chi connectivity index (χ0v) is 23.6. The minimum atomic E-state index is -0.604. The first kappa shape index (κ1) is 28.7. The molecule has 40 heavy (non-hydrogen) atoms. The Balaban J connectivity index is 1.62. The molecule has 0 unspecified atom stereocenters. The molecule has 210 valence electrons. The zero-order chi connectivity index (χ0) is 28.5. The fourth-order valence-electron chi connectivity index (χ4n) is 5.07. The molecule has 1 aliphatic rings. The number of carbonyl (C=O) groups is 2. The van der Waals surface area contributed by atoms with Gasteiger partial charge in [-0.15, -0.1) is 0 Å². The molecule has 0 saturated heterocycles. The van der Waals surface area contributed by atoms with Gasteiger partial charge in [-0.25, -0.2) is 4.79 Å². The Kier molecular flexibility index (Phi) is 9.84. The van der Waals surface area contributed by atoms with E-state index in [0.29, 0.717) is 39.9 Å². The van der Waals surface area contributed by atoms with Crippen LogP contribution in [-0.2, 0) is 14.3 Å².